The number of aromatic nitrogens is 1. The fourth-order valence-corrected chi connectivity index (χ4v) is 5.08. The van der Waals surface area contributed by atoms with Gasteiger partial charge in [-0.3, -0.25) is 14.4 Å². The number of hydrogen-bond donors (Lipinski definition) is 1. The van der Waals surface area contributed by atoms with Crippen molar-refractivity contribution in [2.45, 2.75) is 20.5 Å². The van der Waals surface area contributed by atoms with Gasteiger partial charge in [0, 0.05) is 45.6 Å². The average molecular weight is 585 g/mol. The van der Waals surface area contributed by atoms with Gasteiger partial charge in [0.2, 0.25) is 0 Å². The van der Waals surface area contributed by atoms with E-state index in [1.807, 2.05) is 60.7 Å². The summed E-state index contributed by atoms with van der Waals surface area (Å²) in [6, 6.07) is 29.5. The average Bonchev–Trinajstić information content (AvgIpc) is 3.68. The van der Waals surface area contributed by atoms with Gasteiger partial charge in [-0.2, -0.15) is 0 Å². The number of fused-ring (bicyclic) bond motifs is 3. The van der Waals surface area contributed by atoms with E-state index in [9.17, 15) is 14.4 Å². The second-order valence-electron chi connectivity index (χ2n) is 10.3. The largest absolute Gasteiger partial charge is 0.486 e. The summed E-state index contributed by atoms with van der Waals surface area (Å²) < 4.78 is 13.1. The van der Waals surface area contributed by atoms with E-state index < -0.39 is 5.97 Å². The molecule has 2 heterocycles. The molecule has 0 saturated heterocycles. The van der Waals surface area contributed by atoms with Crippen LogP contribution in [0.25, 0.3) is 33.2 Å². The number of ether oxygens (including phenoxy) is 1. The molecule has 6 aromatic rings. The van der Waals surface area contributed by atoms with Crippen LogP contribution < -0.4 is 10.2 Å². The van der Waals surface area contributed by atoms with E-state index in [0.29, 0.717) is 40.5 Å². The number of ketones is 2. The standard InChI is InChI=1S/C36H28N2O6/c1-22(37-44-24(3)40)25-6-12-29(13-7-25)38-34-16-10-27(23(2)39)19-32(34)33-20-28(11-17-35(33)38)36(41)26-8-14-30(15-9-26)43-21-31-5-4-18-42-31/h4-20,37H,1,21H2,2-3H3. The fourth-order valence-electron chi connectivity index (χ4n) is 5.08. The van der Waals surface area contributed by atoms with Crippen LogP contribution >= 0.6 is 0 Å². The van der Waals surface area contributed by atoms with E-state index >= 15 is 0 Å². The van der Waals surface area contributed by atoms with Crippen LogP contribution in [0.15, 0.2) is 114 Å². The first-order valence-corrected chi connectivity index (χ1v) is 13.9. The Bertz CT molecular complexity index is 2040. The van der Waals surface area contributed by atoms with E-state index in [2.05, 4.69) is 16.6 Å². The van der Waals surface area contributed by atoms with Crippen LogP contribution in [0.3, 0.4) is 0 Å². The van der Waals surface area contributed by atoms with Crippen molar-refractivity contribution in [2.75, 3.05) is 0 Å². The van der Waals surface area contributed by atoms with Crippen molar-refractivity contribution in [1.29, 1.82) is 0 Å². The van der Waals surface area contributed by atoms with E-state index in [4.69, 9.17) is 14.0 Å². The highest BCUT2D eigenvalue weighted by atomic mass is 16.7. The van der Waals surface area contributed by atoms with Crippen LogP contribution in [0, 0.1) is 0 Å². The van der Waals surface area contributed by atoms with Crippen LogP contribution in [0.1, 0.15) is 51.5 Å². The predicted octanol–water partition coefficient (Wildman–Crippen LogP) is 7.43. The highest BCUT2D eigenvalue weighted by Gasteiger charge is 2.17. The molecule has 0 unspecified atom stereocenters. The molecule has 8 nitrogen and oxygen atoms in total. The Kier molecular flexibility index (Phi) is 7.56. The Hall–Kier alpha value is -5.89. The Morgan fingerprint density at radius 3 is 2.00 bits per heavy atom. The minimum atomic E-state index is -0.469. The topological polar surface area (TPSA) is 99.8 Å². The van der Waals surface area contributed by atoms with E-state index in [0.717, 1.165) is 33.1 Å². The first kappa shape index (κ1) is 28.2. The van der Waals surface area contributed by atoms with Crippen LogP contribution in [0.5, 0.6) is 5.75 Å². The molecule has 0 aliphatic carbocycles. The second-order valence-corrected chi connectivity index (χ2v) is 10.3. The molecule has 2 aromatic heterocycles. The Labute approximate surface area is 253 Å². The lowest BCUT2D eigenvalue weighted by molar-refractivity contribution is -0.145. The lowest BCUT2D eigenvalue weighted by atomic mass is 10.0. The lowest BCUT2D eigenvalue weighted by Crippen LogP contribution is -2.15. The van der Waals surface area contributed by atoms with Crippen LogP contribution in [-0.2, 0) is 16.2 Å². The number of rotatable bonds is 10. The third kappa shape index (κ3) is 5.61. The van der Waals surface area contributed by atoms with Crippen molar-refractivity contribution in [1.82, 2.24) is 10.0 Å². The van der Waals surface area contributed by atoms with Crippen molar-refractivity contribution in [3.05, 3.63) is 138 Å². The predicted molar refractivity (Wildman–Crippen MR) is 168 cm³/mol. The molecule has 8 heteroatoms. The van der Waals surface area contributed by atoms with Crippen molar-refractivity contribution in [2.24, 2.45) is 0 Å². The number of hydroxylamine groups is 1. The second kappa shape index (κ2) is 11.8. The summed E-state index contributed by atoms with van der Waals surface area (Å²) in [5.74, 6) is 0.699. The highest BCUT2D eigenvalue weighted by molar-refractivity contribution is 6.16. The van der Waals surface area contributed by atoms with E-state index in [1.165, 1.54) is 13.8 Å². The summed E-state index contributed by atoms with van der Waals surface area (Å²) in [4.78, 5) is 41.8. The molecule has 0 saturated carbocycles. The van der Waals surface area contributed by atoms with Gasteiger partial charge in [0.05, 0.1) is 23.0 Å². The number of Topliss-reactive ketones (excluding diaryl/α,β-unsaturated/α-hetero) is 1. The molecule has 0 fully saturated rings. The van der Waals surface area contributed by atoms with Crippen molar-refractivity contribution >= 4 is 45.0 Å². The van der Waals surface area contributed by atoms with Gasteiger partial charge in [-0.15, -0.1) is 0 Å². The molecule has 4 aromatic carbocycles. The third-order valence-corrected chi connectivity index (χ3v) is 7.30. The van der Waals surface area contributed by atoms with E-state index in [1.54, 1.807) is 42.7 Å². The molecule has 0 aliphatic rings. The normalized spacial score (nSPS) is 11.0. The molecule has 44 heavy (non-hydrogen) atoms. The zero-order valence-electron chi connectivity index (χ0n) is 24.1. The maximum absolute atomic E-state index is 13.6. The van der Waals surface area contributed by atoms with Crippen LogP contribution in [0.4, 0.5) is 0 Å². The van der Waals surface area contributed by atoms with Gasteiger partial charge in [-0.25, -0.2) is 5.48 Å². The van der Waals surface area contributed by atoms with Gasteiger partial charge in [0.15, 0.2) is 11.6 Å². The molecule has 1 N–H and O–H groups in total. The Morgan fingerprint density at radius 1 is 0.773 bits per heavy atom. The van der Waals surface area contributed by atoms with Gasteiger partial charge in [-0.1, -0.05) is 18.7 Å². The lowest BCUT2D eigenvalue weighted by Gasteiger charge is -2.11. The summed E-state index contributed by atoms with van der Waals surface area (Å²) in [7, 11) is 0. The van der Waals surface area contributed by atoms with Crippen LogP contribution in [-0.4, -0.2) is 22.1 Å². The van der Waals surface area contributed by atoms with Gasteiger partial charge in [0.1, 0.15) is 18.1 Å². The number of carbonyl (C=O) groups excluding carboxylic acids is 3. The maximum atomic E-state index is 13.6. The van der Waals surface area contributed by atoms with Crippen molar-refractivity contribution < 1.29 is 28.4 Å². The molecular weight excluding hydrogens is 556 g/mol. The quantitative estimate of drug-likeness (QED) is 0.132. The molecular formula is C36H28N2O6. The summed E-state index contributed by atoms with van der Waals surface area (Å²) in [6.07, 6.45) is 1.59. The monoisotopic (exact) mass is 584 g/mol. The zero-order chi connectivity index (χ0) is 30.8. The van der Waals surface area contributed by atoms with Gasteiger partial charge in [0.25, 0.3) is 0 Å². The zero-order valence-corrected chi connectivity index (χ0v) is 24.1. The Morgan fingerprint density at radius 2 is 1.39 bits per heavy atom. The number of nitrogens with one attached hydrogen (secondary N) is 1. The van der Waals surface area contributed by atoms with Gasteiger partial charge in [-0.05, 0) is 91.9 Å². The molecule has 218 valence electrons. The first-order chi connectivity index (χ1) is 21.3. The minimum Gasteiger partial charge on any atom is -0.486 e. The SMILES string of the molecule is C=C(NOC(C)=O)c1ccc(-n2c3ccc(C(C)=O)cc3c3cc(C(=O)c4ccc(OCc5ccco5)cc4)ccc32)cc1. The van der Waals surface area contributed by atoms with Gasteiger partial charge >= 0.3 is 5.97 Å². The Balaban J connectivity index is 1.35. The molecule has 0 bridgehead atoms. The smallest absolute Gasteiger partial charge is 0.329 e. The summed E-state index contributed by atoms with van der Waals surface area (Å²) in [5, 5.41) is 1.70. The molecule has 0 radical (unpaired) electrons. The van der Waals surface area contributed by atoms with E-state index in [-0.39, 0.29) is 11.6 Å². The molecule has 0 amide bonds. The molecule has 0 aliphatic heterocycles. The highest BCUT2D eigenvalue weighted by Crippen LogP contribution is 2.34. The summed E-state index contributed by atoms with van der Waals surface area (Å²) in [6.45, 7) is 7.06. The fraction of sp³-hybridized carbons (Fsp3) is 0.0833. The number of furan rings is 1. The number of benzene rings is 4. The molecule has 6 rings (SSSR count). The van der Waals surface area contributed by atoms with Crippen LogP contribution in [0.2, 0.25) is 0 Å². The number of hydrogen-bond acceptors (Lipinski definition) is 7. The first-order valence-electron chi connectivity index (χ1n) is 13.9. The van der Waals surface area contributed by atoms with Crippen molar-refractivity contribution in [3.8, 4) is 11.4 Å². The maximum Gasteiger partial charge on any atom is 0.329 e. The molecule has 0 atom stereocenters. The minimum absolute atomic E-state index is 0.0440. The third-order valence-electron chi connectivity index (χ3n) is 7.30. The number of carbonyl (C=O) groups is 3. The molecule has 0 spiro atoms. The number of nitrogens with zero attached hydrogens (tertiary/aromatic N) is 1. The summed E-state index contributed by atoms with van der Waals surface area (Å²) >= 11 is 0. The summed E-state index contributed by atoms with van der Waals surface area (Å²) in [5.41, 5.74) is 8.02. The van der Waals surface area contributed by atoms with Gasteiger partial charge < -0.3 is 18.6 Å². The van der Waals surface area contributed by atoms with Crippen molar-refractivity contribution in [3.63, 3.8) is 0 Å².